The first-order valence-corrected chi connectivity index (χ1v) is 3.71. The van der Waals surface area contributed by atoms with E-state index in [9.17, 15) is 9.90 Å². The maximum atomic E-state index is 10.1. The Morgan fingerprint density at radius 1 is 1.33 bits per heavy atom. The van der Waals surface area contributed by atoms with Crippen LogP contribution in [0.1, 0.15) is 5.56 Å². The Bertz CT molecular complexity index is 304. The van der Waals surface area contributed by atoms with E-state index in [0.29, 0.717) is 5.56 Å². The van der Waals surface area contributed by atoms with Crippen molar-refractivity contribution in [2.45, 2.75) is 0 Å². The highest BCUT2D eigenvalue weighted by molar-refractivity contribution is 6.49. The zero-order valence-electron chi connectivity index (χ0n) is 6.16. The van der Waals surface area contributed by atoms with Gasteiger partial charge in [-0.25, -0.2) is 0 Å². The predicted octanol–water partition coefficient (Wildman–Crippen LogP) is 1.02. The van der Waals surface area contributed by atoms with E-state index in [2.05, 4.69) is 0 Å². The predicted molar refractivity (Wildman–Crippen MR) is 45.3 cm³/mol. The molecule has 0 aliphatic heterocycles. The van der Waals surface area contributed by atoms with E-state index in [1.165, 1.54) is 0 Å². The lowest BCUT2D eigenvalue weighted by atomic mass is 10.2. The number of benzene rings is 1. The van der Waals surface area contributed by atoms with Gasteiger partial charge in [-0.1, -0.05) is 41.9 Å². The zero-order valence-corrected chi connectivity index (χ0v) is 6.91. The summed E-state index contributed by atoms with van der Waals surface area (Å²) in [7, 11) is 0. The van der Waals surface area contributed by atoms with Gasteiger partial charge in [0.2, 0.25) is 0 Å². The zero-order chi connectivity index (χ0) is 8.97. The van der Waals surface area contributed by atoms with Gasteiger partial charge in [-0.05, 0) is 11.6 Å². The fraction of sp³-hybridized carbons (Fsp3) is 0. The molecular weight excluding hydrogens is 176 g/mol. The second-order valence-corrected chi connectivity index (χ2v) is 2.58. The first kappa shape index (κ1) is 8.81. The number of hydrogen-bond acceptors (Lipinski definition) is 2. The molecule has 0 spiro atoms. The quantitative estimate of drug-likeness (QED) is 0.639. The second-order valence-electron chi connectivity index (χ2n) is 2.18. The van der Waals surface area contributed by atoms with E-state index in [0.717, 1.165) is 6.08 Å². The molecule has 0 atom stereocenters. The molecule has 0 heterocycles. The smallest absolute Gasteiger partial charge is 0.0657 e. The van der Waals surface area contributed by atoms with Crippen LogP contribution in [0.5, 0.6) is 0 Å². The van der Waals surface area contributed by atoms with Gasteiger partial charge in [0.25, 0.3) is 0 Å². The molecule has 0 aromatic heterocycles. The van der Waals surface area contributed by atoms with E-state index >= 15 is 0 Å². The van der Waals surface area contributed by atoms with Gasteiger partial charge >= 0.3 is 0 Å². The number of rotatable bonds is 2. The molecule has 1 aromatic carbocycles. The lowest BCUT2D eigenvalue weighted by Gasteiger charge is -1.98. The minimum Gasteiger partial charge on any atom is -0.545 e. The summed E-state index contributed by atoms with van der Waals surface area (Å²) in [6.07, 6.45) is 0.858. The third-order valence-electron chi connectivity index (χ3n) is 1.29. The van der Waals surface area contributed by atoms with Crippen molar-refractivity contribution >= 4 is 22.6 Å². The Morgan fingerprint density at radius 2 is 1.92 bits per heavy atom. The SMILES string of the molecule is O=C([O-])/C=C(\Cl)c1ccccc1. The Labute approximate surface area is 75.1 Å². The molecule has 0 amide bonds. The van der Waals surface area contributed by atoms with E-state index < -0.39 is 5.97 Å². The van der Waals surface area contributed by atoms with Gasteiger partial charge in [0.1, 0.15) is 0 Å². The second kappa shape index (κ2) is 3.93. The Hall–Kier alpha value is -1.28. The van der Waals surface area contributed by atoms with E-state index in [1.807, 2.05) is 6.07 Å². The normalized spacial score (nSPS) is 11.2. The van der Waals surface area contributed by atoms with Crippen LogP contribution in [-0.2, 0) is 4.79 Å². The van der Waals surface area contributed by atoms with E-state index in [4.69, 9.17) is 11.6 Å². The van der Waals surface area contributed by atoms with Gasteiger partial charge in [-0.2, -0.15) is 0 Å². The minimum atomic E-state index is -1.29. The summed E-state index contributed by atoms with van der Waals surface area (Å²) in [4.78, 5) is 10.1. The van der Waals surface area contributed by atoms with Crippen LogP contribution in [0.25, 0.3) is 5.03 Å². The third-order valence-corrected chi connectivity index (χ3v) is 1.62. The molecule has 0 N–H and O–H groups in total. The number of carboxylic acid groups (broad SMARTS) is 1. The Morgan fingerprint density at radius 3 is 2.42 bits per heavy atom. The van der Waals surface area contributed by atoms with Crippen LogP contribution in [0.3, 0.4) is 0 Å². The molecule has 0 aliphatic carbocycles. The first-order chi connectivity index (χ1) is 5.70. The topological polar surface area (TPSA) is 40.1 Å². The molecule has 0 saturated heterocycles. The molecule has 0 fully saturated rings. The fourth-order valence-corrected chi connectivity index (χ4v) is 0.999. The van der Waals surface area contributed by atoms with Crippen LogP contribution >= 0.6 is 11.6 Å². The number of aliphatic carboxylic acids is 1. The first-order valence-electron chi connectivity index (χ1n) is 3.34. The summed E-state index contributed by atoms with van der Waals surface area (Å²) in [6, 6.07) is 8.83. The molecule has 0 aliphatic rings. The Kier molecular flexibility index (Phi) is 2.88. The largest absolute Gasteiger partial charge is 0.545 e. The summed E-state index contributed by atoms with van der Waals surface area (Å²) in [5, 5.41) is 10.3. The van der Waals surface area contributed by atoms with Crippen LogP contribution < -0.4 is 5.11 Å². The maximum absolute atomic E-state index is 10.1. The van der Waals surface area contributed by atoms with Crippen molar-refractivity contribution in [2.24, 2.45) is 0 Å². The average Bonchev–Trinajstić information content (AvgIpc) is 2.05. The van der Waals surface area contributed by atoms with Gasteiger partial charge < -0.3 is 9.90 Å². The summed E-state index contributed by atoms with van der Waals surface area (Å²) >= 11 is 5.64. The standard InChI is InChI=1S/C9H7ClO2/c10-8(6-9(11)12)7-4-2-1-3-5-7/h1-6H,(H,11,12)/p-1/b8-6-. The summed E-state index contributed by atoms with van der Waals surface area (Å²) < 4.78 is 0. The lowest BCUT2D eigenvalue weighted by Crippen LogP contribution is -2.18. The monoisotopic (exact) mass is 181 g/mol. The minimum absolute atomic E-state index is 0.176. The number of carboxylic acids is 1. The van der Waals surface area contributed by atoms with Crippen molar-refractivity contribution in [3.8, 4) is 0 Å². The average molecular weight is 182 g/mol. The molecule has 12 heavy (non-hydrogen) atoms. The van der Waals surface area contributed by atoms with Crippen LogP contribution in [0.15, 0.2) is 36.4 Å². The summed E-state index contributed by atoms with van der Waals surface area (Å²) in [5.41, 5.74) is 0.670. The van der Waals surface area contributed by atoms with Gasteiger partial charge in [-0.3, -0.25) is 0 Å². The van der Waals surface area contributed by atoms with Crippen molar-refractivity contribution in [3.63, 3.8) is 0 Å². The highest BCUT2D eigenvalue weighted by atomic mass is 35.5. The molecule has 1 rings (SSSR count). The fourth-order valence-electron chi connectivity index (χ4n) is 0.784. The van der Waals surface area contributed by atoms with Crippen molar-refractivity contribution < 1.29 is 9.90 Å². The maximum Gasteiger partial charge on any atom is 0.0657 e. The van der Waals surface area contributed by atoms with Crippen molar-refractivity contribution in [1.82, 2.24) is 0 Å². The third kappa shape index (κ3) is 2.40. The highest BCUT2D eigenvalue weighted by Gasteiger charge is 1.94. The van der Waals surface area contributed by atoms with Gasteiger partial charge in [0.05, 0.1) is 5.97 Å². The van der Waals surface area contributed by atoms with E-state index in [-0.39, 0.29) is 5.03 Å². The van der Waals surface area contributed by atoms with E-state index in [1.54, 1.807) is 24.3 Å². The Balaban J connectivity index is 2.93. The molecule has 62 valence electrons. The molecule has 3 heteroatoms. The van der Waals surface area contributed by atoms with Gasteiger partial charge in [0, 0.05) is 5.03 Å². The van der Waals surface area contributed by atoms with Crippen molar-refractivity contribution in [1.29, 1.82) is 0 Å². The summed E-state index contributed by atoms with van der Waals surface area (Å²) in [5.74, 6) is -1.29. The van der Waals surface area contributed by atoms with Crippen LogP contribution in [-0.4, -0.2) is 5.97 Å². The van der Waals surface area contributed by atoms with Crippen LogP contribution in [0.4, 0.5) is 0 Å². The van der Waals surface area contributed by atoms with Crippen molar-refractivity contribution in [2.75, 3.05) is 0 Å². The lowest BCUT2D eigenvalue weighted by molar-refractivity contribution is -0.297. The molecule has 0 saturated carbocycles. The number of carbonyl (C=O) groups is 1. The molecule has 0 unspecified atom stereocenters. The molecule has 1 aromatic rings. The van der Waals surface area contributed by atoms with Crippen molar-refractivity contribution in [3.05, 3.63) is 42.0 Å². The number of carbonyl (C=O) groups excluding carboxylic acids is 1. The van der Waals surface area contributed by atoms with Crippen LogP contribution in [0, 0.1) is 0 Å². The molecule has 2 nitrogen and oxygen atoms in total. The van der Waals surface area contributed by atoms with Gasteiger partial charge in [0.15, 0.2) is 0 Å². The molecule has 0 radical (unpaired) electrons. The number of halogens is 1. The molecular formula is C9H6ClO2-. The van der Waals surface area contributed by atoms with Crippen LogP contribution in [0.2, 0.25) is 0 Å². The number of hydrogen-bond donors (Lipinski definition) is 0. The van der Waals surface area contributed by atoms with Gasteiger partial charge in [-0.15, -0.1) is 0 Å². The highest BCUT2D eigenvalue weighted by Crippen LogP contribution is 2.17. The molecule has 0 bridgehead atoms. The summed E-state index contributed by atoms with van der Waals surface area (Å²) in [6.45, 7) is 0.